The maximum absolute atomic E-state index is 12.8. The highest BCUT2D eigenvalue weighted by Gasteiger charge is 2.28. The van der Waals surface area contributed by atoms with E-state index >= 15 is 0 Å². The number of pyridine rings is 1. The predicted octanol–water partition coefficient (Wildman–Crippen LogP) is 1.90. The molecule has 1 aliphatic rings. The highest BCUT2D eigenvalue weighted by atomic mass is 16.2. The van der Waals surface area contributed by atoms with Crippen LogP contribution in [-0.4, -0.2) is 49.6 Å². The second-order valence-corrected chi connectivity index (χ2v) is 7.50. The number of rotatable bonds is 5. The zero-order chi connectivity index (χ0) is 20.3. The average molecular weight is 384 g/mol. The maximum atomic E-state index is 12.8. The molecule has 1 N–H and O–H groups in total. The van der Waals surface area contributed by atoms with Gasteiger partial charge in [0.05, 0.1) is 11.6 Å². The van der Waals surface area contributed by atoms with Crippen molar-refractivity contribution in [2.24, 2.45) is 5.92 Å². The van der Waals surface area contributed by atoms with E-state index in [-0.39, 0.29) is 23.8 Å². The van der Waals surface area contributed by atoms with Crippen molar-refractivity contribution in [3.8, 4) is 0 Å². The van der Waals surface area contributed by atoms with Crippen LogP contribution in [0.4, 0.5) is 0 Å². The molecule has 8 nitrogen and oxygen atoms in total. The normalized spacial score (nSPS) is 15.1. The molecule has 0 bridgehead atoms. The van der Waals surface area contributed by atoms with Crippen LogP contribution in [0.1, 0.15) is 60.9 Å². The lowest BCUT2D eigenvalue weighted by Crippen LogP contribution is -2.35. The van der Waals surface area contributed by atoms with Crippen LogP contribution in [0.15, 0.2) is 18.3 Å². The first kappa shape index (κ1) is 20.0. The average Bonchev–Trinajstić information content (AvgIpc) is 2.96. The number of carbonyl (C=O) groups excluding carboxylic acids is 2. The first-order chi connectivity index (χ1) is 13.4. The Labute approximate surface area is 165 Å². The summed E-state index contributed by atoms with van der Waals surface area (Å²) in [6.07, 6.45) is 2.69. The monoisotopic (exact) mass is 384 g/mol. The summed E-state index contributed by atoms with van der Waals surface area (Å²) in [5.74, 6) is 1.77. The Kier molecular flexibility index (Phi) is 6.06. The van der Waals surface area contributed by atoms with E-state index in [1.54, 1.807) is 6.20 Å². The highest BCUT2D eigenvalue weighted by molar-refractivity contribution is 5.93. The van der Waals surface area contributed by atoms with Gasteiger partial charge >= 0.3 is 0 Å². The third-order valence-electron chi connectivity index (χ3n) is 5.08. The minimum atomic E-state index is -0.197. The molecule has 2 aromatic rings. The van der Waals surface area contributed by atoms with Crippen LogP contribution in [0, 0.1) is 12.8 Å². The quantitative estimate of drug-likeness (QED) is 0.850. The van der Waals surface area contributed by atoms with Gasteiger partial charge in [0, 0.05) is 44.4 Å². The van der Waals surface area contributed by atoms with Gasteiger partial charge in [-0.1, -0.05) is 20.8 Å². The van der Waals surface area contributed by atoms with Crippen LogP contribution in [-0.2, 0) is 17.8 Å². The van der Waals surface area contributed by atoms with Gasteiger partial charge in [0.25, 0.3) is 5.91 Å². The molecule has 0 aliphatic carbocycles. The molecule has 3 rings (SSSR count). The second-order valence-electron chi connectivity index (χ2n) is 7.50. The number of amides is 2. The summed E-state index contributed by atoms with van der Waals surface area (Å²) in [6.45, 7) is 9.60. The Morgan fingerprint density at radius 2 is 1.96 bits per heavy atom. The molecule has 28 heavy (non-hydrogen) atoms. The van der Waals surface area contributed by atoms with Crippen LogP contribution in [0.25, 0.3) is 0 Å². The number of aryl methyl sites for hydroxylation is 1. The van der Waals surface area contributed by atoms with E-state index in [2.05, 4.69) is 38.9 Å². The van der Waals surface area contributed by atoms with Crippen molar-refractivity contribution < 1.29 is 9.59 Å². The van der Waals surface area contributed by atoms with E-state index in [9.17, 15) is 9.59 Å². The molecule has 2 aromatic heterocycles. The summed E-state index contributed by atoms with van der Waals surface area (Å²) in [7, 11) is 0. The van der Waals surface area contributed by atoms with Crippen molar-refractivity contribution in [3.05, 3.63) is 41.2 Å². The Morgan fingerprint density at radius 3 is 2.61 bits per heavy atom. The summed E-state index contributed by atoms with van der Waals surface area (Å²) in [6, 6.07) is 3.47. The predicted molar refractivity (Wildman–Crippen MR) is 105 cm³/mol. The number of hydrogen-bond acceptors (Lipinski definition) is 5. The zero-order valence-electron chi connectivity index (χ0n) is 17.0. The Hall–Kier alpha value is -2.77. The van der Waals surface area contributed by atoms with Gasteiger partial charge in [-0.05, 0) is 25.0 Å². The fraction of sp³-hybridized carbons (Fsp3) is 0.550. The Bertz CT molecular complexity index is 843. The molecular weight excluding hydrogens is 356 g/mol. The Balaban J connectivity index is 1.78. The molecule has 0 spiro atoms. The standard InChI is InChI=1S/C20H28N6O2/c1-5-17(27)22-18(13(2)3)19-24-23-16-8-9-25(10-11-26(16)19)20(28)15-7-6-14(4)21-12-15/h6-7,12-13,18H,5,8-11H2,1-4H3,(H,22,27). The van der Waals surface area contributed by atoms with E-state index in [1.807, 2.05) is 30.9 Å². The molecule has 0 radical (unpaired) electrons. The maximum Gasteiger partial charge on any atom is 0.255 e. The van der Waals surface area contributed by atoms with Crippen LogP contribution < -0.4 is 5.32 Å². The largest absolute Gasteiger partial charge is 0.346 e. The summed E-state index contributed by atoms with van der Waals surface area (Å²) in [4.78, 5) is 30.8. The van der Waals surface area contributed by atoms with Gasteiger partial charge in [0.1, 0.15) is 5.82 Å². The van der Waals surface area contributed by atoms with E-state index < -0.39 is 0 Å². The number of nitrogens with one attached hydrogen (secondary N) is 1. The molecule has 1 aliphatic heterocycles. The number of aromatic nitrogens is 4. The van der Waals surface area contributed by atoms with Crippen molar-refractivity contribution in [1.82, 2.24) is 30.0 Å². The lowest BCUT2D eigenvalue weighted by molar-refractivity contribution is -0.121. The van der Waals surface area contributed by atoms with Crippen molar-refractivity contribution in [3.63, 3.8) is 0 Å². The topological polar surface area (TPSA) is 93.0 Å². The van der Waals surface area contributed by atoms with Gasteiger partial charge in [-0.2, -0.15) is 0 Å². The van der Waals surface area contributed by atoms with Gasteiger partial charge in [0.2, 0.25) is 5.91 Å². The lowest BCUT2D eigenvalue weighted by Gasteiger charge is -2.23. The molecular formula is C20H28N6O2. The van der Waals surface area contributed by atoms with Gasteiger partial charge in [-0.25, -0.2) is 0 Å². The molecule has 1 atom stereocenters. The summed E-state index contributed by atoms with van der Waals surface area (Å²) in [5.41, 5.74) is 1.48. The van der Waals surface area contributed by atoms with Gasteiger partial charge < -0.3 is 14.8 Å². The van der Waals surface area contributed by atoms with Crippen LogP contribution in [0.3, 0.4) is 0 Å². The van der Waals surface area contributed by atoms with E-state index in [0.29, 0.717) is 38.0 Å². The molecule has 2 amide bonds. The van der Waals surface area contributed by atoms with Crippen LogP contribution in [0.2, 0.25) is 0 Å². The molecule has 3 heterocycles. The van der Waals surface area contributed by atoms with Gasteiger partial charge in [0.15, 0.2) is 5.82 Å². The SMILES string of the molecule is CCC(=O)NC(c1nnc2n1CCN(C(=O)c1ccc(C)nc1)CC2)C(C)C. The molecule has 0 saturated carbocycles. The third-order valence-corrected chi connectivity index (χ3v) is 5.08. The minimum Gasteiger partial charge on any atom is -0.346 e. The van der Waals surface area contributed by atoms with Crippen LogP contribution >= 0.6 is 0 Å². The first-order valence-corrected chi connectivity index (χ1v) is 9.84. The summed E-state index contributed by atoms with van der Waals surface area (Å²) >= 11 is 0. The summed E-state index contributed by atoms with van der Waals surface area (Å²) in [5, 5.41) is 11.8. The van der Waals surface area contributed by atoms with E-state index in [4.69, 9.17) is 0 Å². The molecule has 0 fully saturated rings. The van der Waals surface area contributed by atoms with Gasteiger partial charge in [-0.3, -0.25) is 14.6 Å². The minimum absolute atomic E-state index is 0.00616. The lowest BCUT2D eigenvalue weighted by atomic mass is 10.0. The zero-order valence-corrected chi connectivity index (χ0v) is 17.0. The highest BCUT2D eigenvalue weighted by Crippen LogP contribution is 2.23. The van der Waals surface area contributed by atoms with Crippen molar-refractivity contribution >= 4 is 11.8 Å². The molecule has 150 valence electrons. The molecule has 1 unspecified atom stereocenters. The molecule has 0 saturated heterocycles. The van der Waals surface area contributed by atoms with Crippen molar-refractivity contribution in [2.45, 2.75) is 53.1 Å². The fourth-order valence-electron chi connectivity index (χ4n) is 3.36. The smallest absolute Gasteiger partial charge is 0.255 e. The molecule has 0 aromatic carbocycles. The second kappa shape index (κ2) is 8.50. The van der Waals surface area contributed by atoms with Crippen LogP contribution in [0.5, 0.6) is 0 Å². The third kappa shape index (κ3) is 4.21. The number of nitrogens with zero attached hydrogens (tertiary/aromatic N) is 5. The van der Waals surface area contributed by atoms with Crippen molar-refractivity contribution in [2.75, 3.05) is 13.1 Å². The number of hydrogen-bond donors (Lipinski definition) is 1. The van der Waals surface area contributed by atoms with E-state index in [1.165, 1.54) is 0 Å². The van der Waals surface area contributed by atoms with Gasteiger partial charge in [-0.15, -0.1) is 10.2 Å². The number of fused-ring (bicyclic) bond motifs is 1. The fourth-order valence-corrected chi connectivity index (χ4v) is 3.36. The van der Waals surface area contributed by atoms with Crippen molar-refractivity contribution in [1.29, 1.82) is 0 Å². The van der Waals surface area contributed by atoms with E-state index in [0.717, 1.165) is 17.3 Å². The molecule has 8 heteroatoms. The summed E-state index contributed by atoms with van der Waals surface area (Å²) < 4.78 is 2.06. The number of carbonyl (C=O) groups is 2. The first-order valence-electron chi connectivity index (χ1n) is 9.84. The Morgan fingerprint density at radius 1 is 1.18 bits per heavy atom.